The van der Waals surface area contributed by atoms with Crippen LogP contribution in [0.3, 0.4) is 0 Å². The summed E-state index contributed by atoms with van der Waals surface area (Å²) in [4.78, 5) is 15.6. The van der Waals surface area contributed by atoms with Crippen molar-refractivity contribution in [3.63, 3.8) is 0 Å². The van der Waals surface area contributed by atoms with Crippen LogP contribution in [0.1, 0.15) is 16.8 Å². The molecule has 24 heavy (non-hydrogen) atoms. The van der Waals surface area contributed by atoms with Crippen LogP contribution in [0, 0.1) is 0 Å². The van der Waals surface area contributed by atoms with Crippen LogP contribution >= 0.6 is 23.2 Å². The number of nitrogens with zero attached hydrogens (tertiary/aromatic N) is 2. The second kappa shape index (κ2) is 6.14. The highest BCUT2D eigenvalue weighted by Gasteiger charge is 2.33. The molecule has 9 heteroatoms. The topological polar surface area (TPSA) is 50.2 Å². The SMILES string of the molecule is O=c1ccc(CCc2c(Cl)cncc2Cl)c2cc(C(F)(F)F)[nH]n12. The molecule has 0 aliphatic heterocycles. The maximum Gasteiger partial charge on any atom is 0.432 e. The summed E-state index contributed by atoms with van der Waals surface area (Å²) < 4.78 is 39.5. The van der Waals surface area contributed by atoms with Gasteiger partial charge in [0.2, 0.25) is 0 Å². The molecule has 3 heterocycles. The third-order valence-electron chi connectivity index (χ3n) is 3.63. The van der Waals surface area contributed by atoms with E-state index in [2.05, 4.69) is 10.1 Å². The van der Waals surface area contributed by atoms with Crippen molar-refractivity contribution in [2.45, 2.75) is 19.0 Å². The number of hydrogen-bond acceptors (Lipinski definition) is 2. The van der Waals surface area contributed by atoms with Crippen molar-refractivity contribution >= 4 is 28.7 Å². The van der Waals surface area contributed by atoms with Gasteiger partial charge in [-0.15, -0.1) is 0 Å². The fourth-order valence-corrected chi connectivity index (χ4v) is 3.00. The van der Waals surface area contributed by atoms with E-state index in [9.17, 15) is 18.0 Å². The second-order valence-corrected chi connectivity index (χ2v) is 5.98. The van der Waals surface area contributed by atoms with Crippen LogP contribution in [0.4, 0.5) is 13.2 Å². The summed E-state index contributed by atoms with van der Waals surface area (Å²) in [6.07, 6.45) is -0.895. The van der Waals surface area contributed by atoms with E-state index in [-0.39, 0.29) is 5.52 Å². The number of aromatic amines is 1. The Morgan fingerprint density at radius 1 is 1.12 bits per heavy atom. The van der Waals surface area contributed by atoms with Crippen molar-refractivity contribution in [1.82, 2.24) is 14.6 Å². The number of rotatable bonds is 3. The average molecular weight is 376 g/mol. The zero-order valence-corrected chi connectivity index (χ0v) is 13.5. The number of nitrogens with one attached hydrogen (secondary N) is 1. The molecule has 0 amide bonds. The number of aromatic nitrogens is 3. The summed E-state index contributed by atoms with van der Waals surface area (Å²) in [5.41, 5.74) is -0.137. The van der Waals surface area contributed by atoms with Crippen molar-refractivity contribution in [3.8, 4) is 0 Å². The zero-order valence-electron chi connectivity index (χ0n) is 12.0. The maximum absolute atomic E-state index is 12.9. The lowest BCUT2D eigenvalue weighted by molar-refractivity contribution is -0.141. The smallest absolute Gasteiger partial charge is 0.286 e. The fourth-order valence-electron chi connectivity index (χ4n) is 2.45. The standard InChI is InChI=1S/C15H10Cl2F3N3O/c16-10-6-21-7-11(17)9(10)3-1-8-2-4-14(24)23-12(8)5-13(22-23)15(18,19)20/h2,4-7,22H,1,3H2. The minimum absolute atomic E-state index is 0.177. The minimum Gasteiger partial charge on any atom is -0.286 e. The normalized spacial score (nSPS) is 12.0. The summed E-state index contributed by atoms with van der Waals surface area (Å²) in [7, 11) is 0. The predicted octanol–water partition coefficient (Wildman–Crippen LogP) is 4.13. The summed E-state index contributed by atoms with van der Waals surface area (Å²) in [5.74, 6) is 0. The molecule has 0 unspecified atom stereocenters. The molecule has 1 N–H and O–H groups in total. The summed E-state index contributed by atoms with van der Waals surface area (Å²) >= 11 is 12.1. The van der Waals surface area contributed by atoms with Crippen molar-refractivity contribution in [1.29, 1.82) is 0 Å². The van der Waals surface area contributed by atoms with Crippen LogP contribution < -0.4 is 5.56 Å². The van der Waals surface area contributed by atoms with Crippen LogP contribution in [0.15, 0.2) is 35.4 Å². The molecular weight excluding hydrogens is 366 g/mol. The van der Waals surface area contributed by atoms with E-state index in [0.717, 1.165) is 10.6 Å². The first-order chi connectivity index (χ1) is 11.3. The summed E-state index contributed by atoms with van der Waals surface area (Å²) in [5, 5.41) is 2.85. The molecule has 0 aliphatic carbocycles. The average Bonchev–Trinajstić information content (AvgIpc) is 2.95. The maximum atomic E-state index is 12.9. The largest absolute Gasteiger partial charge is 0.432 e. The lowest BCUT2D eigenvalue weighted by Gasteiger charge is -2.07. The summed E-state index contributed by atoms with van der Waals surface area (Å²) in [6, 6.07) is 3.65. The molecule has 3 aromatic rings. The van der Waals surface area contributed by atoms with Crippen LogP contribution in [0.5, 0.6) is 0 Å². The lowest BCUT2D eigenvalue weighted by Crippen LogP contribution is -2.15. The molecule has 0 atom stereocenters. The molecule has 0 aromatic carbocycles. The molecule has 4 nitrogen and oxygen atoms in total. The first-order valence-corrected chi connectivity index (χ1v) is 7.61. The van der Waals surface area contributed by atoms with Gasteiger partial charge in [0.1, 0.15) is 5.69 Å². The highest BCUT2D eigenvalue weighted by atomic mass is 35.5. The van der Waals surface area contributed by atoms with Gasteiger partial charge in [-0.3, -0.25) is 14.9 Å². The van der Waals surface area contributed by atoms with Gasteiger partial charge in [0.05, 0.1) is 15.6 Å². The van der Waals surface area contributed by atoms with E-state index in [0.29, 0.717) is 34.0 Å². The summed E-state index contributed by atoms with van der Waals surface area (Å²) in [6.45, 7) is 0. The molecule has 0 spiro atoms. The third kappa shape index (κ3) is 3.14. The molecule has 0 aliphatic rings. The molecule has 3 rings (SSSR count). The first-order valence-electron chi connectivity index (χ1n) is 6.86. The molecule has 126 valence electrons. The molecule has 0 fully saturated rings. The Labute approximate surface area is 143 Å². The van der Waals surface area contributed by atoms with E-state index in [1.165, 1.54) is 24.5 Å². The number of pyridine rings is 2. The van der Waals surface area contributed by atoms with Crippen LogP contribution in [0.2, 0.25) is 10.0 Å². The molecular formula is C15H10Cl2F3N3O. The van der Waals surface area contributed by atoms with Crippen molar-refractivity contribution in [3.05, 3.63) is 67.8 Å². The van der Waals surface area contributed by atoms with Crippen LogP contribution in [0.25, 0.3) is 5.52 Å². The first kappa shape index (κ1) is 16.9. The number of hydrogen-bond donors (Lipinski definition) is 1. The van der Waals surface area contributed by atoms with E-state index in [4.69, 9.17) is 23.2 Å². The van der Waals surface area contributed by atoms with Gasteiger partial charge >= 0.3 is 6.18 Å². The van der Waals surface area contributed by atoms with Crippen LogP contribution in [-0.2, 0) is 19.0 Å². The molecule has 3 aromatic heterocycles. The highest BCUT2D eigenvalue weighted by Crippen LogP contribution is 2.30. The van der Waals surface area contributed by atoms with Gasteiger partial charge in [-0.1, -0.05) is 29.3 Å². The van der Waals surface area contributed by atoms with E-state index in [1.54, 1.807) is 0 Å². The van der Waals surface area contributed by atoms with Gasteiger partial charge in [0.25, 0.3) is 5.56 Å². The van der Waals surface area contributed by atoms with Crippen molar-refractivity contribution < 1.29 is 13.2 Å². The number of alkyl halides is 3. The van der Waals surface area contributed by atoms with Gasteiger partial charge in [0, 0.05) is 18.5 Å². The zero-order chi connectivity index (χ0) is 17.5. The Morgan fingerprint density at radius 3 is 2.42 bits per heavy atom. The Morgan fingerprint density at radius 2 is 1.79 bits per heavy atom. The molecule has 0 saturated heterocycles. The van der Waals surface area contributed by atoms with E-state index in [1.807, 2.05) is 0 Å². The molecule has 0 radical (unpaired) electrons. The lowest BCUT2D eigenvalue weighted by atomic mass is 10.0. The second-order valence-electron chi connectivity index (χ2n) is 5.17. The van der Waals surface area contributed by atoms with E-state index >= 15 is 0 Å². The number of H-pyrrole nitrogens is 1. The van der Waals surface area contributed by atoms with Crippen LogP contribution in [-0.4, -0.2) is 14.6 Å². The van der Waals surface area contributed by atoms with Gasteiger partial charge in [-0.05, 0) is 30.0 Å². The van der Waals surface area contributed by atoms with E-state index < -0.39 is 17.4 Å². The molecule has 0 saturated carbocycles. The number of halogens is 5. The fraction of sp³-hybridized carbons (Fsp3) is 0.200. The number of aryl methyl sites for hydroxylation is 1. The third-order valence-corrected chi connectivity index (χ3v) is 4.28. The Hall–Kier alpha value is -1.99. The monoisotopic (exact) mass is 375 g/mol. The van der Waals surface area contributed by atoms with Gasteiger partial charge in [-0.25, -0.2) is 4.52 Å². The molecule has 0 bridgehead atoms. The van der Waals surface area contributed by atoms with Gasteiger partial charge < -0.3 is 0 Å². The quantitative estimate of drug-likeness (QED) is 0.747. The Kier molecular flexibility index (Phi) is 4.31. The highest BCUT2D eigenvalue weighted by molar-refractivity contribution is 6.35. The van der Waals surface area contributed by atoms with Crippen molar-refractivity contribution in [2.24, 2.45) is 0 Å². The van der Waals surface area contributed by atoms with Crippen molar-refractivity contribution in [2.75, 3.05) is 0 Å². The Bertz CT molecular complexity index is 942. The Balaban J connectivity index is 2.00. The van der Waals surface area contributed by atoms with Gasteiger partial charge in [-0.2, -0.15) is 13.2 Å². The predicted molar refractivity (Wildman–Crippen MR) is 84.7 cm³/mol. The number of fused-ring (bicyclic) bond motifs is 1. The minimum atomic E-state index is -4.56. The van der Waals surface area contributed by atoms with Gasteiger partial charge in [0.15, 0.2) is 0 Å².